The van der Waals surface area contributed by atoms with Crippen molar-refractivity contribution in [1.29, 1.82) is 0 Å². The first-order chi connectivity index (χ1) is 8.25. The molecule has 3 aliphatic heterocycles. The van der Waals surface area contributed by atoms with E-state index < -0.39 is 0 Å². The van der Waals surface area contributed by atoms with Gasteiger partial charge in [0.25, 0.3) is 0 Å². The van der Waals surface area contributed by atoms with Crippen LogP contribution in [-0.2, 0) is 30.0 Å². The summed E-state index contributed by atoms with van der Waals surface area (Å²) in [4.78, 5) is 30.5. The Morgan fingerprint density at radius 2 is 1.26 bits per heavy atom. The van der Waals surface area contributed by atoms with Gasteiger partial charge in [-0.15, -0.1) is 0 Å². The summed E-state index contributed by atoms with van der Waals surface area (Å²) in [5.74, 6) is 0.0485. The first kappa shape index (κ1) is 14.7. The van der Waals surface area contributed by atoms with Crippen LogP contribution in [0.2, 0.25) is 0 Å². The minimum Gasteiger partial charge on any atom is -0.365 e. The van der Waals surface area contributed by atoms with Gasteiger partial charge in [-0.2, -0.15) is 9.90 Å². The van der Waals surface area contributed by atoms with E-state index in [1.807, 2.05) is 14.7 Å². The minimum atomic E-state index is 0. The Bertz CT molecular complexity index is 505. The van der Waals surface area contributed by atoms with Crippen LogP contribution >= 0.6 is 9.90 Å². The van der Waals surface area contributed by atoms with Crippen LogP contribution in [0.25, 0.3) is 0 Å². The average molecular weight is 372 g/mol. The van der Waals surface area contributed by atoms with Gasteiger partial charge in [0.15, 0.2) is 0 Å². The Balaban J connectivity index is 0.000000667. The maximum absolute atomic E-state index is 12.4. The number of carbonyl (C=O) groups is 2. The predicted octanol–water partition coefficient (Wildman–Crippen LogP) is -0.764. The molecule has 4 rings (SSSR count). The summed E-state index contributed by atoms with van der Waals surface area (Å²) in [6, 6.07) is 0. The number of Topliss-reactive ketones (excluding diaryl/α,β-unsaturated/α-hetero) is 1. The van der Waals surface area contributed by atoms with Crippen molar-refractivity contribution in [2.75, 3.05) is 39.3 Å². The minimum absolute atomic E-state index is 0. The molecule has 0 aromatic carbocycles. The van der Waals surface area contributed by atoms with Crippen LogP contribution < -0.4 is 0 Å². The van der Waals surface area contributed by atoms with Gasteiger partial charge in [-0.3, -0.25) is 9.59 Å². The fraction of sp³-hybridized carbons (Fsp3) is 0.500. The molecule has 4 aliphatic rings. The summed E-state index contributed by atoms with van der Waals surface area (Å²) in [5.41, 5.74) is 1.89. The first-order valence-corrected chi connectivity index (χ1v) is 6.05. The van der Waals surface area contributed by atoms with E-state index in [1.54, 1.807) is 0 Å². The van der Waals surface area contributed by atoms with E-state index in [0.29, 0.717) is 17.1 Å². The third kappa shape index (κ3) is 2.50. The molecule has 0 amide bonds. The third-order valence-corrected chi connectivity index (χ3v) is 3.49. The SMILES string of the molecule is O=C1C=C(N2CC2)C(=O)C(N2CC2)=C1N1CC1.P.[Pd]. The van der Waals surface area contributed by atoms with Gasteiger partial charge in [-0.05, 0) is 0 Å². The maximum Gasteiger partial charge on any atom is 0.227 e. The van der Waals surface area contributed by atoms with Gasteiger partial charge in [0.1, 0.15) is 11.4 Å². The van der Waals surface area contributed by atoms with E-state index in [2.05, 4.69) is 0 Å². The first-order valence-electron chi connectivity index (χ1n) is 6.05. The second-order valence-electron chi connectivity index (χ2n) is 4.88. The summed E-state index contributed by atoms with van der Waals surface area (Å²) in [6.07, 6.45) is 1.52. The Hall–Kier alpha value is -0.688. The van der Waals surface area contributed by atoms with E-state index in [4.69, 9.17) is 0 Å². The number of hydrogen-bond donors (Lipinski definition) is 0. The standard InChI is InChI=1S/C12H13N3O2.H3P.Pd/c16-9-7-8(13-1-2-13)12(17)11(15-5-6-15)10(9)14-3-4-14;;/h7H,1-6H2;1H3;. The van der Waals surface area contributed by atoms with E-state index in [1.165, 1.54) is 6.08 Å². The smallest absolute Gasteiger partial charge is 0.227 e. The molecule has 0 saturated carbocycles. The Labute approximate surface area is 128 Å². The van der Waals surface area contributed by atoms with Crippen molar-refractivity contribution >= 4 is 21.5 Å². The van der Waals surface area contributed by atoms with Crippen molar-refractivity contribution in [3.8, 4) is 0 Å². The molecule has 3 saturated heterocycles. The van der Waals surface area contributed by atoms with Gasteiger partial charge < -0.3 is 14.7 Å². The number of nitrogens with zero attached hydrogens (tertiary/aromatic N) is 3. The molecule has 3 fully saturated rings. The quantitative estimate of drug-likeness (QED) is 0.282. The number of hydrogen-bond acceptors (Lipinski definition) is 5. The largest absolute Gasteiger partial charge is 0.365 e. The van der Waals surface area contributed by atoms with Crippen molar-refractivity contribution in [1.82, 2.24) is 14.7 Å². The van der Waals surface area contributed by atoms with Gasteiger partial charge >= 0.3 is 0 Å². The van der Waals surface area contributed by atoms with Crippen LogP contribution in [0.5, 0.6) is 0 Å². The van der Waals surface area contributed by atoms with Crippen LogP contribution in [0.3, 0.4) is 0 Å². The second-order valence-corrected chi connectivity index (χ2v) is 4.88. The van der Waals surface area contributed by atoms with Gasteiger partial charge in [-0.25, -0.2) is 0 Å². The van der Waals surface area contributed by atoms with Gasteiger partial charge in [0.2, 0.25) is 11.6 Å². The fourth-order valence-corrected chi connectivity index (χ4v) is 2.28. The molecule has 0 spiro atoms. The van der Waals surface area contributed by atoms with E-state index >= 15 is 0 Å². The Kier molecular flexibility index (Phi) is 3.88. The fourth-order valence-electron chi connectivity index (χ4n) is 2.28. The number of rotatable bonds is 3. The van der Waals surface area contributed by atoms with Crippen molar-refractivity contribution in [3.63, 3.8) is 0 Å². The average Bonchev–Trinajstić information content (AvgIpc) is 3.13. The van der Waals surface area contributed by atoms with E-state index in [9.17, 15) is 9.59 Å². The topological polar surface area (TPSA) is 43.2 Å². The summed E-state index contributed by atoms with van der Waals surface area (Å²) >= 11 is 0. The zero-order valence-corrected chi connectivity index (χ0v) is 13.5. The number of ketones is 2. The monoisotopic (exact) mass is 371 g/mol. The summed E-state index contributed by atoms with van der Waals surface area (Å²) in [7, 11) is 0. The zero-order chi connectivity index (χ0) is 11.6. The molecule has 5 nitrogen and oxygen atoms in total. The summed E-state index contributed by atoms with van der Waals surface area (Å²) < 4.78 is 0. The zero-order valence-electron chi connectivity index (χ0n) is 10.5. The molecule has 0 aromatic rings. The molecule has 3 heterocycles. The van der Waals surface area contributed by atoms with E-state index in [0.717, 1.165) is 39.3 Å². The molecule has 0 radical (unpaired) electrons. The van der Waals surface area contributed by atoms with Crippen molar-refractivity contribution < 1.29 is 30.0 Å². The van der Waals surface area contributed by atoms with Crippen LogP contribution in [-0.4, -0.2) is 65.5 Å². The third-order valence-electron chi connectivity index (χ3n) is 3.49. The summed E-state index contributed by atoms with van der Waals surface area (Å²) in [6.45, 7) is 5.41. The molecular weight excluding hydrogens is 356 g/mol. The van der Waals surface area contributed by atoms with Crippen LogP contribution in [0, 0.1) is 0 Å². The van der Waals surface area contributed by atoms with Crippen LogP contribution in [0.15, 0.2) is 23.2 Å². The number of carbonyl (C=O) groups excluding carboxylic acids is 2. The Morgan fingerprint density at radius 1 is 0.789 bits per heavy atom. The normalized spacial score (nSPS) is 23.8. The molecular formula is C12H16N3O2PPd. The number of allylic oxidation sites excluding steroid dienone is 1. The van der Waals surface area contributed by atoms with Crippen molar-refractivity contribution in [2.45, 2.75) is 0 Å². The van der Waals surface area contributed by atoms with Crippen molar-refractivity contribution in [3.05, 3.63) is 23.2 Å². The van der Waals surface area contributed by atoms with Gasteiger partial charge in [0, 0.05) is 65.8 Å². The molecule has 19 heavy (non-hydrogen) atoms. The van der Waals surface area contributed by atoms with Crippen LogP contribution in [0.4, 0.5) is 0 Å². The van der Waals surface area contributed by atoms with E-state index in [-0.39, 0.29) is 41.9 Å². The van der Waals surface area contributed by atoms with Crippen molar-refractivity contribution in [2.24, 2.45) is 0 Å². The maximum atomic E-state index is 12.4. The predicted molar refractivity (Wildman–Crippen MR) is 70.9 cm³/mol. The van der Waals surface area contributed by atoms with Gasteiger partial charge in [-0.1, -0.05) is 0 Å². The van der Waals surface area contributed by atoms with Gasteiger partial charge in [0.05, 0.1) is 5.70 Å². The van der Waals surface area contributed by atoms with Crippen LogP contribution in [0.1, 0.15) is 0 Å². The molecule has 0 aromatic heterocycles. The Morgan fingerprint density at radius 3 is 1.74 bits per heavy atom. The second kappa shape index (κ2) is 5.01. The molecule has 7 heteroatoms. The summed E-state index contributed by atoms with van der Waals surface area (Å²) in [5, 5.41) is 0. The molecule has 0 N–H and O–H groups in total. The molecule has 106 valence electrons. The molecule has 0 bridgehead atoms. The molecule has 1 atom stereocenters. The molecule has 1 aliphatic carbocycles. The molecule has 1 unspecified atom stereocenters.